The van der Waals surface area contributed by atoms with E-state index < -0.39 is 0 Å². The van der Waals surface area contributed by atoms with E-state index in [2.05, 4.69) is 53.5 Å². The van der Waals surface area contributed by atoms with Gasteiger partial charge in [0.2, 0.25) is 0 Å². The monoisotopic (exact) mass is 349 g/mol. The molecule has 2 atom stereocenters. The molecular formula is C22H27N3O. The second kappa shape index (κ2) is 7.50. The van der Waals surface area contributed by atoms with Crippen LogP contribution in [0.3, 0.4) is 0 Å². The number of urea groups is 1. The lowest BCUT2D eigenvalue weighted by Crippen LogP contribution is -2.49. The first-order valence-corrected chi connectivity index (χ1v) is 9.73. The Morgan fingerprint density at radius 3 is 2.65 bits per heavy atom. The molecule has 0 saturated carbocycles. The van der Waals surface area contributed by atoms with Crippen molar-refractivity contribution in [2.45, 2.75) is 38.3 Å². The molecule has 2 heterocycles. The Morgan fingerprint density at radius 2 is 1.85 bits per heavy atom. The molecule has 4 heteroatoms. The number of likely N-dealkylation sites (tertiary alicyclic amines) is 1. The molecule has 0 spiro atoms. The zero-order valence-corrected chi connectivity index (χ0v) is 15.4. The van der Waals surface area contributed by atoms with Gasteiger partial charge in [-0.05, 0) is 44.0 Å². The van der Waals surface area contributed by atoms with Crippen molar-refractivity contribution in [2.24, 2.45) is 0 Å². The van der Waals surface area contributed by atoms with Crippen LogP contribution in [0.4, 0.5) is 10.5 Å². The number of fused-ring (bicyclic) bond motifs is 1. The van der Waals surface area contributed by atoms with Gasteiger partial charge >= 0.3 is 6.03 Å². The Hall–Kier alpha value is -2.33. The molecule has 0 bridgehead atoms. The fourth-order valence-corrected chi connectivity index (χ4v) is 4.42. The van der Waals surface area contributed by atoms with E-state index in [1.807, 2.05) is 23.1 Å². The molecule has 2 aliphatic rings. The summed E-state index contributed by atoms with van der Waals surface area (Å²) in [5, 5.41) is 3.10. The van der Waals surface area contributed by atoms with Crippen molar-refractivity contribution in [3.05, 3.63) is 65.7 Å². The first kappa shape index (κ1) is 17.1. The fraction of sp³-hybridized carbons (Fsp3) is 0.409. The highest BCUT2D eigenvalue weighted by molar-refractivity contribution is 5.93. The molecule has 4 nitrogen and oxygen atoms in total. The summed E-state index contributed by atoms with van der Waals surface area (Å²) in [6, 6.07) is 19.0. The third kappa shape index (κ3) is 3.21. The van der Waals surface area contributed by atoms with E-state index in [1.54, 1.807) is 0 Å². The van der Waals surface area contributed by atoms with Crippen LogP contribution < -0.4 is 5.32 Å². The van der Waals surface area contributed by atoms with E-state index in [0.29, 0.717) is 6.04 Å². The number of amides is 2. The summed E-state index contributed by atoms with van der Waals surface area (Å²) in [6.45, 7) is 5.28. The molecule has 0 aliphatic carbocycles. The van der Waals surface area contributed by atoms with E-state index in [4.69, 9.17) is 0 Å². The van der Waals surface area contributed by atoms with Crippen LogP contribution in [0.2, 0.25) is 0 Å². The molecular weight excluding hydrogens is 322 g/mol. The number of carbonyl (C=O) groups excluding carboxylic acids is 1. The number of hydrogen-bond donors (Lipinski definition) is 1. The molecule has 2 aliphatic heterocycles. The quantitative estimate of drug-likeness (QED) is 0.863. The summed E-state index contributed by atoms with van der Waals surface area (Å²) in [4.78, 5) is 17.6. The molecule has 2 aromatic rings. The fourth-order valence-electron chi connectivity index (χ4n) is 4.42. The second-order valence-corrected chi connectivity index (χ2v) is 7.32. The van der Waals surface area contributed by atoms with Crippen LogP contribution in [-0.4, -0.2) is 41.5 Å². The van der Waals surface area contributed by atoms with Crippen molar-refractivity contribution < 1.29 is 4.79 Å². The van der Waals surface area contributed by atoms with Gasteiger partial charge in [0.25, 0.3) is 0 Å². The predicted molar refractivity (Wildman–Crippen MR) is 105 cm³/mol. The number of para-hydroxylation sites is 1. The third-order valence-electron chi connectivity index (χ3n) is 5.60. The molecule has 4 rings (SSSR count). The van der Waals surface area contributed by atoms with Crippen LogP contribution in [0.15, 0.2) is 54.6 Å². The third-order valence-corrected chi connectivity index (χ3v) is 5.60. The molecule has 1 N–H and O–H groups in total. The largest absolute Gasteiger partial charge is 0.322 e. The average molecular weight is 349 g/mol. The van der Waals surface area contributed by atoms with Gasteiger partial charge in [-0.1, -0.05) is 55.5 Å². The lowest BCUT2D eigenvalue weighted by atomic mass is 9.93. The molecule has 2 unspecified atom stereocenters. The zero-order valence-electron chi connectivity index (χ0n) is 15.4. The Bertz CT molecular complexity index is 761. The van der Waals surface area contributed by atoms with Crippen molar-refractivity contribution >= 4 is 11.7 Å². The van der Waals surface area contributed by atoms with E-state index in [-0.39, 0.29) is 12.1 Å². The number of nitrogens with one attached hydrogen (secondary N) is 1. The Labute approximate surface area is 155 Å². The normalized spacial score (nSPS) is 23.0. The van der Waals surface area contributed by atoms with Gasteiger partial charge in [0.15, 0.2) is 0 Å². The Balaban J connectivity index is 1.69. The molecule has 1 saturated heterocycles. The smallest absolute Gasteiger partial charge is 0.312 e. The summed E-state index contributed by atoms with van der Waals surface area (Å²) in [7, 11) is 0. The van der Waals surface area contributed by atoms with Crippen LogP contribution in [0, 0.1) is 0 Å². The summed E-state index contributed by atoms with van der Waals surface area (Å²) in [6.07, 6.45) is 3.56. The minimum atomic E-state index is -0.0229. The Kier molecular flexibility index (Phi) is 4.93. The molecule has 0 aromatic heterocycles. The second-order valence-electron chi connectivity index (χ2n) is 7.32. The van der Waals surface area contributed by atoms with Gasteiger partial charge in [-0.15, -0.1) is 0 Å². The molecule has 1 fully saturated rings. The first-order chi connectivity index (χ1) is 12.8. The molecule has 2 amide bonds. The maximum atomic E-state index is 13.0. The number of carbonyl (C=O) groups is 1. The van der Waals surface area contributed by atoms with Crippen molar-refractivity contribution in [1.82, 2.24) is 9.80 Å². The van der Waals surface area contributed by atoms with Crippen LogP contribution >= 0.6 is 0 Å². The Morgan fingerprint density at radius 1 is 1.08 bits per heavy atom. The van der Waals surface area contributed by atoms with Gasteiger partial charge in [0.1, 0.15) is 0 Å². The number of hydrogen-bond acceptors (Lipinski definition) is 2. The van der Waals surface area contributed by atoms with Crippen molar-refractivity contribution in [1.29, 1.82) is 0 Å². The minimum absolute atomic E-state index is 0.0147. The lowest BCUT2D eigenvalue weighted by Gasteiger charge is -2.40. The highest BCUT2D eigenvalue weighted by Crippen LogP contribution is 2.38. The van der Waals surface area contributed by atoms with Crippen molar-refractivity contribution in [3.63, 3.8) is 0 Å². The first-order valence-electron chi connectivity index (χ1n) is 9.73. The molecule has 2 aromatic carbocycles. The van der Waals surface area contributed by atoms with Gasteiger partial charge in [-0.3, -0.25) is 4.90 Å². The van der Waals surface area contributed by atoms with E-state index in [1.165, 1.54) is 24.0 Å². The summed E-state index contributed by atoms with van der Waals surface area (Å²) < 4.78 is 0. The number of anilines is 1. The predicted octanol–water partition coefficient (Wildman–Crippen LogP) is 4.50. The van der Waals surface area contributed by atoms with Gasteiger partial charge < -0.3 is 10.2 Å². The van der Waals surface area contributed by atoms with E-state index >= 15 is 0 Å². The van der Waals surface area contributed by atoms with E-state index in [0.717, 1.165) is 31.7 Å². The number of benzene rings is 2. The average Bonchev–Trinajstić information content (AvgIpc) is 3.10. The summed E-state index contributed by atoms with van der Waals surface area (Å²) in [5.41, 5.74) is 3.28. The molecule has 26 heavy (non-hydrogen) atoms. The number of nitrogens with zero attached hydrogens (tertiary/aromatic N) is 2. The van der Waals surface area contributed by atoms with Crippen molar-refractivity contribution in [3.8, 4) is 0 Å². The molecule has 0 radical (unpaired) electrons. The SMILES string of the molecule is CCCN1CCCC1CN1C(=O)Nc2ccccc2C1c1ccccc1. The van der Waals surface area contributed by atoms with Crippen LogP contribution in [-0.2, 0) is 0 Å². The van der Waals surface area contributed by atoms with Crippen LogP contribution in [0.1, 0.15) is 43.4 Å². The van der Waals surface area contributed by atoms with Crippen LogP contribution in [0.5, 0.6) is 0 Å². The highest BCUT2D eigenvalue weighted by Gasteiger charge is 2.36. The maximum Gasteiger partial charge on any atom is 0.322 e. The zero-order chi connectivity index (χ0) is 17.9. The topological polar surface area (TPSA) is 35.6 Å². The maximum absolute atomic E-state index is 13.0. The summed E-state index contributed by atoms with van der Waals surface area (Å²) >= 11 is 0. The highest BCUT2D eigenvalue weighted by atomic mass is 16.2. The van der Waals surface area contributed by atoms with Crippen LogP contribution in [0.25, 0.3) is 0 Å². The minimum Gasteiger partial charge on any atom is -0.312 e. The van der Waals surface area contributed by atoms with Crippen molar-refractivity contribution in [2.75, 3.05) is 25.0 Å². The summed E-state index contributed by atoms with van der Waals surface area (Å²) in [5.74, 6) is 0. The number of rotatable bonds is 5. The lowest BCUT2D eigenvalue weighted by molar-refractivity contribution is 0.157. The van der Waals surface area contributed by atoms with Gasteiger partial charge in [0.05, 0.1) is 6.04 Å². The van der Waals surface area contributed by atoms with Gasteiger partial charge in [0, 0.05) is 23.8 Å². The molecule has 136 valence electrons. The van der Waals surface area contributed by atoms with Gasteiger partial charge in [-0.25, -0.2) is 4.79 Å². The standard InChI is InChI=1S/C22H27N3O/c1-2-14-24-15-8-11-18(24)16-25-21(17-9-4-3-5-10-17)19-12-6-7-13-20(19)23-22(25)26/h3-7,9-10,12-13,18,21H,2,8,11,14-16H2,1H3,(H,23,26). The van der Waals surface area contributed by atoms with E-state index in [9.17, 15) is 4.79 Å². The van der Waals surface area contributed by atoms with Gasteiger partial charge in [-0.2, -0.15) is 0 Å².